The minimum atomic E-state index is -0.534. The molecule has 4 rings (SSSR count). The number of nitrogens with zero attached hydrogens (tertiary/aromatic N) is 3. The van der Waals surface area contributed by atoms with E-state index in [2.05, 4.69) is 10.3 Å². The van der Waals surface area contributed by atoms with Crippen molar-refractivity contribution in [2.75, 3.05) is 4.90 Å². The third-order valence-corrected chi connectivity index (χ3v) is 5.92. The summed E-state index contributed by atoms with van der Waals surface area (Å²) in [7, 11) is 0. The molecular formula is C23H19ClN4O2S. The predicted molar refractivity (Wildman–Crippen MR) is 125 cm³/mol. The number of pyridine rings is 1. The van der Waals surface area contributed by atoms with Crippen molar-refractivity contribution in [3.05, 3.63) is 81.8 Å². The quantitative estimate of drug-likeness (QED) is 0.367. The number of anilines is 1. The minimum absolute atomic E-state index is 0.00533. The number of thiocarbonyl (C=S) groups is 1. The van der Waals surface area contributed by atoms with Crippen molar-refractivity contribution in [3.63, 3.8) is 0 Å². The van der Waals surface area contributed by atoms with Crippen LogP contribution in [0.15, 0.2) is 54.2 Å². The van der Waals surface area contributed by atoms with Crippen LogP contribution in [0.5, 0.6) is 0 Å². The average Bonchev–Trinajstić information content (AvgIpc) is 3.02. The van der Waals surface area contributed by atoms with Crippen LogP contribution in [0.3, 0.4) is 0 Å². The first-order valence-electron chi connectivity index (χ1n) is 9.56. The Balaban J connectivity index is 1.79. The van der Waals surface area contributed by atoms with Crippen LogP contribution in [0, 0.1) is 20.8 Å². The molecule has 0 spiro atoms. The SMILES string of the molecule is Cc1c(Cl)cccc1N1C(=O)C(=Cc2cc(C)n(-c3ccccn3)c2C)C(=O)NC1=S. The molecule has 1 N–H and O–H groups in total. The van der Waals surface area contributed by atoms with Crippen molar-refractivity contribution in [2.24, 2.45) is 0 Å². The Morgan fingerprint density at radius 2 is 1.87 bits per heavy atom. The Kier molecular flexibility index (Phi) is 5.47. The van der Waals surface area contributed by atoms with Crippen LogP contribution in [-0.2, 0) is 9.59 Å². The molecule has 1 saturated heterocycles. The Bertz CT molecular complexity index is 1260. The normalized spacial score (nSPS) is 15.5. The van der Waals surface area contributed by atoms with E-state index in [0.717, 1.165) is 22.8 Å². The first-order valence-corrected chi connectivity index (χ1v) is 10.3. The monoisotopic (exact) mass is 450 g/mol. The molecule has 0 aliphatic carbocycles. The molecule has 8 heteroatoms. The molecular weight excluding hydrogens is 432 g/mol. The van der Waals surface area contributed by atoms with Crippen LogP contribution < -0.4 is 10.2 Å². The Morgan fingerprint density at radius 3 is 2.58 bits per heavy atom. The van der Waals surface area contributed by atoms with Crippen molar-refractivity contribution in [1.82, 2.24) is 14.9 Å². The summed E-state index contributed by atoms with van der Waals surface area (Å²) >= 11 is 11.5. The van der Waals surface area contributed by atoms with Gasteiger partial charge in [-0.15, -0.1) is 0 Å². The number of hydrogen-bond donors (Lipinski definition) is 1. The van der Waals surface area contributed by atoms with Gasteiger partial charge >= 0.3 is 0 Å². The molecule has 2 aromatic heterocycles. The van der Waals surface area contributed by atoms with Crippen LogP contribution in [0.2, 0.25) is 5.02 Å². The van der Waals surface area contributed by atoms with Crippen LogP contribution in [0.4, 0.5) is 5.69 Å². The number of hydrogen-bond acceptors (Lipinski definition) is 4. The molecule has 2 amide bonds. The van der Waals surface area contributed by atoms with Gasteiger partial charge in [0.25, 0.3) is 11.8 Å². The fourth-order valence-corrected chi connectivity index (χ4v) is 4.09. The first kappa shape index (κ1) is 21.0. The van der Waals surface area contributed by atoms with E-state index in [1.807, 2.05) is 42.7 Å². The van der Waals surface area contributed by atoms with Gasteiger partial charge in [-0.2, -0.15) is 0 Å². The molecule has 1 aliphatic rings. The predicted octanol–water partition coefficient (Wildman–Crippen LogP) is 4.28. The highest BCUT2D eigenvalue weighted by Gasteiger charge is 2.35. The van der Waals surface area contributed by atoms with E-state index < -0.39 is 11.8 Å². The summed E-state index contributed by atoms with van der Waals surface area (Å²) in [6.07, 6.45) is 3.31. The molecule has 3 heterocycles. The highest BCUT2D eigenvalue weighted by Crippen LogP contribution is 2.30. The lowest BCUT2D eigenvalue weighted by molar-refractivity contribution is -0.122. The van der Waals surface area contributed by atoms with E-state index in [1.54, 1.807) is 37.4 Å². The number of benzene rings is 1. The number of aromatic nitrogens is 2. The lowest BCUT2D eigenvalue weighted by atomic mass is 10.1. The van der Waals surface area contributed by atoms with Gasteiger partial charge in [0, 0.05) is 22.6 Å². The largest absolute Gasteiger partial charge is 0.303 e. The fourth-order valence-electron chi connectivity index (χ4n) is 3.64. The maximum atomic E-state index is 13.3. The van der Waals surface area contributed by atoms with Gasteiger partial charge in [-0.3, -0.25) is 19.8 Å². The number of halogens is 1. The van der Waals surface area contributed by atoms with Crippen LogP contribution in [0.1, 0.15) is 22.5 Å². The summed E-state index contributed by atoms with van der Waals surface area (Å²) in [5, 5.41) is 3.15. The molecule has 0 saturated carbocycles. The van der Waals surface area contributed by atoms with E-state index in [0.29, 0.717) is 16.3 Å². The molecule has 0 radical (unpaired) electrons. The Hall–Kier alpha value is -3.29. The molecule has 1 aromatic carbocycles. The van der Waals surface area contributed by atoms with E-state index in [-0.39, 0.29) is 10.7 Å². The molecule has 156 valence electrons. The van der Waals surface area contributed by atoms with Crippen molar-refractivity contribution in [2.45, 2.75) is 20.8 Å². The summed E-state index contributed by atoms with van der Waals surface area (Å²) in [5.41, 5.74) is 3.77. The lowest BCUT2D eigenvalue weighted by Gasteiger charge is -2.30. The molecule has 1 aliphatic heterocycles. The van der Waals surface area contributed by atoms with Crippen molar-refractivity contribution >= 4 is 52.5 Å². The highest BCUT2D eigenvalue weighted by atomic mass is 35.5. The summed E-state index contributed by atoms with van der Waals surface area (Å²) in [6, 6.07) is 12.8. The van der Waals surface area contributed by atoms with Crippen LogP contribution >= 0.6 is 23.8 Å². The van der Waals surface area contributed by atoms with E-state index >= 15 is 0 Å². The molecule has 0 atom stereocenters. The fraction of sp³-hybridized carbons (Fsp3) is 0.130. The zero-order valence-corrected chi connectivity index (χ0v) is 18.7. The molecule has 1 fully saturated rings. The molecule has 31 heavy (non-hydrogen) atoms. The second kappa shape index (κ2) is 8.09. The zero-order valence-electron chi connectivity index (χ0n) is 17.1. The molecule has 3 aromatic rings. The minimum Gasteiger partial charge on any atom is -0.303 e. The summed E-state index contributed by atoms with van der Waals surface area (Å²) < 4.78 is 1.97. The number of carbonyl (C=O) groups excluding carboxylic acids is 2. The second-order valence-electron chi connectivity index (χ2n) is 7.19. The molecule has 0 unspecified atom stereocenters. The van der Waals surface area contributed by atoms with Gasteiger partial charge < -0.3 is 4.57 Å². The topological polar surface area (TPSA) is 67.2 Å². The average molecular weight is 451 g/mol. The number of rotatable bonds is 3. The van der Waals surface area contributed by atoms with Crippen molar-refractivity contribution < 1.29 is 9.59 Å². The van der Waals surface area contributed by atoms with Gasteiger partial charge in [-0.05, 0) is 80.5 Å². The second-order valence-corrected chi connectivity index (χ2v) is 7.99. The van der Waals surface area contributed by atoms with E-state index in [9.17, 15) is 9.59 Å². The Morgan fingerprint density at radius 1 is 1.10 bits per heavy atom. The maximum absolute atomic E-state index is 13.3. The highest BCUT2D eigenvalue weighted by molar-refractivity contribution is 7.80. The zero-order chi connectivity index (χ0) is 22.3. The Labute approximate surface area is 190 Å². The van der Waals surface area contributed by atoms with Crippen molar-refractivity contribution in [1.29, 1.82) is 0 Å². The molecule has 6 nitrogen and oxygen atoms in total. The van der Waals surface area contributed by atoms with Gasteiger partial charge in [0.2, 0.25) is 0 Å². The maximum Gasteiger partial charge on any atom is 0.270 e. The first-order chi connectivity index (χ1) is 14.8. The van der Waals surface area contributed by atoms with Crippen LogP contribution in [0.25, 0.3) is 11.9 Å². The smallest absolute Gasteiger partial charge is 0.270 e. The summed E-state index contributed by atoms with van der Waals surface area (Å²) in [6.45, 7) is 5.67. The van der Waals surface area contributed by atoms with Gasteiger partial charge in [-0.1, -0.05) is 23.7 Å². The van der Waals surface area contributed by atoms with E-state index in [1.165, 1.54) is 4.90 Å². The number of aryl methyl sites for hydroxylation is 1. The summed E-state index contributed by atoms with van der Waals surface area (Å²) in [4.78, 5) is 31.7. The third-order valence-electron chi connectivity index (χ3n) is 5.23. The van der Waals surface area contributed by atoms with Crippen molar-refractivity contribution in [3.8, 4) is 5.82 Å². The van der Waals surface area contributed by atoms with Crippen LogP contribution in [-0.4, -0.2) is 26.5 Å². The lowest BCUT2D eigenvalue weighted by Crippen LogP contribution is -2.54. The van der Waals surface area contributed by atoms with E-state index in [4.69, 9.17) is 23.8 Å². The molecule has 0 bridgehead atoms. The number of carbonyl (C=O) groups is 2. The standard InChI is InChI=1S/C23H19ClN4O2S/c1-13-11-16(15(3)27(13)20-9-4-5-10-25-20)12-17-21(29)26-23(31)28(22(17)30)19-8-6-7-18(24)14(19)2/h4-12H,1-3H3,(H,26,29,31). The van der Waals surface area contributed by atoms with Gasteiger partial charge in [0.1, 0.15) is 11.4 Å². The van der Waals surface area contributed by atoms with Gasteiger partial charge in [0.15, 0.2) is 5.11 Å². The third kappa shape index (κ3) is 3.66. The summed E-state index contributed by atoms with van der Waals surface area (Å²) in [5.74, 6) is -0.269. The number of amides is 2. The van der Waals surface area contributed by atoms with Gasteiger partial charge in [-0.25, -0.2) is 4.98 Å². The van der Waals surface area contributed by atoms with Gasteiger partial charge in [0.05, 0.1) is 5.69 Å². The number of nitrogens with one attached hydrogen (secondary N) is 1.